The average molecular weight is 227 g/mol. The van der Waals surface area contributed by atoms with Crippen molar-refractivity contribution in [3.63, 3.8) is 0 Å². The number of hydrogen-bond acceptors (Lipinski definition) is 2. The van der Waals surface area contributed by atoms with Crippen LogP contribution in [0.15, 0.2) is 0 Å². The van der Waals surface area contributed by atoms with Crippen LogP contribution in [-0.4, -0.2) is 26.3 Å². The molecule has 1 aliphatic heterocycles. The van der Waals surface area contributed by atoms with E-state index < -0.39 is 0 Å². The van der Waals surface area contributed by atoms with Gasteiger partial charge in [0.1, 0.15) is 0 Å². The Hall–Kier alpha value is -0.0800. The van der Waals surface area contributed by atoms with Gasteiger partial charge < -0.3 is 10.1 Å². The van der Waals surface area contributed by atoms with Gasteiger partial charge in [-0.05, 0) is 56.5 Å². The maximum atomic E-state index is 5.42. The molecule has 1 rings (SSSR count). The zero-order valence-electron chi connectivity index (χ0n) is 11.3. The van der Waals surface area contributed by atoms with Gasteiger partial charge >= 0.3 is 0 Å². The van der Waals surface area contributed by atoms with E-state index in [1.54, 1.807) is 0 Å². The maximum Gasteiger partial charge on any atom is 0.0468 e. The number of nitrogens with one attached hydrogen (secondary N) is 1. The van der Waals surface area contributed by atoms with E-state index in [1.165, 1.54) is 32.2 Å². The van der Waals surface area contributed by atoms with Gasteiger partial charge in [0, 0.05) is 13.2 Å². The van der Waals surface area contributed by atoms with Crippen LogP contribution in [0.25, 0.3) is 0 Å². The van der Waals surface area contributed by atoms with Crippen molar-refractivity contribution in [3.8, 4) is 0 Å². The van der Waals surface area contributed by atoms with Crippen LogP contribution < -0.4 is 5.32 Å². The van der Waals surface area contributed by atoms with Gasteiger partial charge in [0.05, 0.1) is 0 Å². The third-order valence-electron chi connectivity index (χ3n) is 3.75. The molecule has 2 heteroatoms. The zero-order chi connectivity index (χ0) is 11.8. The minimum absolute atomic E-state index is 0.798. The second kappa shape index (κ2) is 8.08. The van der Waals surface area contributed by atoms with Crippen molar-refractivity contribution in [3.05, 3.63) is 0 Å². The second-order valence-electron chi connectivity index (χ2n) is 5.50. The molecule has 0 aromatic heterocycles. The molecule has 0 saturated carbocycles. The maximum absolute atomic E-state index is 5.42. The zero-order valence-corrected chi connectivity index (χ0v) is 11.3. The summed E-state index contributed by atoms with van der Waals surface area (Å²) >= 11 is 0. The van der Waals surface area contributed by atoms with Crippen molar-refractivity contribution in [1.29, 1.82) is 0 Å². The Balaban J connectivity index is 2.25. The van der Waals surface area contributed by atoms with Gasteiger partial charge in [-0.1, -0.05) is 20.8 Å². The molecule has 1 fully saturated rings. The van der Waals surface area contributed by atoms with Gasteiger partial charge in [-0.25, -0.2) is 0 Å². The molecule has 1 heterocycles. The summed E-state index contributed by atoms with van der Waals surface area (Å²) in [7, 11) is 0. The first-order chi connectivity index (χ1) is 7.74. The predicted octanol–water partition coefficient (Wildman–Crippen LogP) is 3.07. The standard InChI is InChI=1S/C14H29NO/c1-4-7-15-11-14(12(2)3)10-13-5-8-16-9-6-13/h12-15H,4-11H2,1-3H3. The molecule has 96 valence electrons. The third-order valence-corrected chi connectivity index (χ3v) is 3.75. The van der Waals surface area contributed by atoms with Gasteiger partial charge in [0.25, 0.3) is 0 Å². The Bertz CT molecular complexity index is 164. The molecule has 16 heavy (non-hydrogen) atoms. The Morgan fingerprint density at radius 2 is 1.94 bits per heavy atom. The lowest BCUT2D eigenvalue weighted by Crippen LogP contribution is -2.30. The molecule has 1 N–H and O–H groups in total. The van der Waals surface area contributed by atoms with E-state index in [1.807, 2.05) is 0 Å². The summed E-state index contributed by atoms with van der Waals surface area (Å²) in [4.78, 5) is 0. The Labute approximate surface area is 101 Å². The van der Waals surface area contributed by atoms with Crippen molar-refractivity contribution in [2.24, 2.45) is 17.8 Å². The van der Waals surface area contributed by atoms with E-state index in [0.29, 0.717) is 0 Å². The fourth-order valence-corrected chi connectivity index (χ4v) is 2.47. The summed E-state index contributed by atoms with van der Waals surface area (Å²) in [6.45, 7) is 11.3. The molecule has 0 radical (unpaired) electrons. The quantitative estimate of drug-likeness (QED) is 0.675. The summed E-state index contributed by atoms with van der Waals surface area (Å²) in [5.74, 6) is 2.55. The lowest BCUT2D eigenvalue weighted by atomic mass is 9.83. The van der Waals surface area contributed by atoms with Gasteiger partial charge in [-0.15, -0.1) is 0 Å². The fourth-order valence-electron chi connectivity index (χ4n) is 2.47. The van der Waals surface area contributed by atoms with Gasteiger partial charge in [-0.3, -0.25) is 0 Å². The van der Waals surface area contributed by atoms with Crippen LogP contribution >= 0.6 is 0 Å². The smallest absolute Gasteiger partial charge is 0.0468 e. The molecule has 0 aliphatic carbocycles. The largest absolute Gasteiger partial charge is 0.381 e. The highest BCUT2D eigenvalue weighted by Crippen LogP contribution is 2.26. The van der Waals surface area contributed by atoms with Crippen molar-refractivity contribution in [2.75, 3.05) is 26.3 Å². The predicted molar refractivity (Wildman–Crippen MR) is 69.6 cm³/mol. The summed E-state index contributed by atoms with van der Waals surface area (Å²) in [5.41, 5.74) is 0. The summed E-state index contributed by atoms with van der Waals surface area (Å²) < 4.78 is 5.42. The topological polar surface area (TPSA) is 21.3 Å². The Morgan fingerprint density at radius 1 is 1.25 bits per heavy atom. The highest BCUT2D eigenvalue weighted by Gasteiger charge is 2.21. The lowest BCUT2D eigenvalue weighted by Gasteiger charge is -2.29. The molecule has 0 aromatic rings. The van der Waals surface area contributed by atoms with E-state index >= 15 is 0 Å². The molecule has 1 aliphatic rings. The van der Waals surface area contributed by atoms with Crippen LogP contribution in [0.3, 0.4) is 0 Å². The van der Waals surface area contributed by atoms with E-state index in [0.717, 1.165) is 37.5 Å². The molecule has 1 atom stereocenters. The molecule has 0 aromatic carbocycles. The van der Waals surface area contributed by atoms with Crippen molar-refractivity contribution >= 4 is 0 Å². The van der Waals surface area contributed by atoms with Gasteiger partial charge in [0.15, 0.2) is 0 Å². The molecule has 2 nitrogen and oxygen atoms in total. The molecule has 0 bridgehead atoms. The highest BCUT2D eigenvalue weighted by molar-refractivity contribution is 4.73. The second-order valence-corrected chi connectivity index (χ2v) is 5.50. The van der Waals surface area contributed by atoms with Crippen molar-refractivity contribution < 1.29 is 4.74 Å². The van der Waals surface area contributed by atoms with Crippen molar-refractivity contribution in [2.45, 2.75) is 46.5 Å². The Kier molecular flexibility index (Phi) is 7.06. The minimum atomic E-state index is 0.798. The third kappa shape index (κ3) is 5.31. The van der Waals surface area contributed by atoms with E-state index in [9.17, 15) is 0 Å². The minimum Gasteiger partial charge on any atom is -0.381 e. The fraction of sp³-hybridized carbons (Fsp3) is 1.00. The van der Waals surface area contributed by atoms with Crippen LogP contribution in [0.1, 0.15) is 46.5 Å². The molecule has 0 spiro atoms. The van der Waals surface area contributed by atoms with Crippen molar-refractivity contribution in [1.82, 2.24) is 5.32 Å². The van der Waals surface area contributed by atoms with Crippen LogP contribution in [0.5, 0.6) is 0 Å². The van der Waals surface area contributed by atoms with Crippen LogP contribution in [-0.2, 0) is 4.74 Å². The first kappa shape index (κ1) is 14.0. The van der Waals surface area contributed by atoms with E-state index in [-0.39, 0.29) is 0 Å². The number of hydrogen-bond donors (Lipinski definition) is 1. The van der Waals surface area contributed by atoms with E-state index in [2.05, 4.69) is 26.1 Å². The molecule has 1 unspecified atom stereocenters. The lowest BCUT2D eigenvalue weighted by molar-refractivity contribution is 0.0557. The summed E-state index contributed by atoms with van der Waals surface area (Å²) in [6, 6.07) is 0. The van der Waals surface area contributed by atoms with Gasteiger partial charge in [-0.2, -0.15) is 0 Å². The van der Waals surface area contributed by atoms with E-state index in [4.69, 9.17) is 4.74 Å². The summed E-state index contributed by atoms with van der Waals surface area (Å²) in [5, 5.41) is 3.57. The van der Waals surface area contributed by atoms with Crippen LogP contribution in [0.4, 0.5) is 0 Å². The highest BCUT2D eigenvalue weighted by atomic mass is 16.5. The van der Waals surface area contributed by atoms with Crippen LogP contribution in [0.2, 0.25) is 0 Å². The first-order valence-electron chi connectivity index (χ1n) is 7.02. The number of rotatable bonds is 7. The number of ether oxygens (including phenoxy) is 1. The molecule has 0 amide bonds. The molecular formula is C14H29NO. The molecular weight excluding hydrogens is 198 g/mol. The van der Waals surface area contributed by atoms with Crippen LogP contribution in [0, 0.1) is 17.8 Å². The first-order valence-corrected chi connectivity index (χ1v) is 7.02. The Morgan fingerprint density at radius 3 is 2.50 bits per heavy atom. The average Bonchev–Trinajstić information content (AvgIpc) is 2.29. The van der Waals surface area contributed by atoms with Gasteiger partial charge in [0.2, 0.25) is 0 Å². The monoisotopic (exact) mass is 227 g/mol. The SMILES string of the molecule is CCCNCC(CC1CCOCC1)C(C)C. The molecule has 1 saturated heterocycles. The normalized spacial score (nSPS) is 20.2. The summed E-state index contributed by atoms with van der Waals surface area (Å²) in [6.07, 6.45) is 5.17.